The van der Waals surface area contributed by atoms with E-state index < -0.39 is 0 Å². The molecule has 1 aromatic heterocycles. The number of aromatic nitrogens is 4. The Morgan fingerprint density at radius 2 is 2.29 bits per heavy atom. The summed E-state index contributed by atoms with van der Waals surface area (Å²) in [6.45, 7) is 2.94. The number of rotatable bonds is 7. The number of carbonyl (C=O) groups excluding carboxylic acids is 1. The van der Waals surface area contributed by atoms with Gasteiger partial charge in [0.15, 0.2) is 6.61 Å². The zero-order valence-electron chi connectivity index (χ0n) is 13.6. The third-order valence-electron chi connectivity index (χ3n) is 3.80. The number of hydrogen-bond acceptors (Lipinski definition) is 6. The standard InChI is InChI=1S/C16H21N5O3/c1-12(14-8-5-9-23-14)17-16(22)10-21-19-15(18-20-21)11-24-13-6-3-2-4-7-13/h2-4,6-7,12,14H,5,8-11H2,1H3,(H,17,22)/t12-,14-/m1/s1. The minimum atomic E-state index is -0.161. The summed E-state index contributed by atoms with van der Waals surface area (Å²) in [5.74, 6) is 1.00. The van der Waals surface area contributed by atoms with Gasteiger partial charge < -0.3 is 14.8 Å². The van der Waals surface area contributed by atoms with Gasteiger partial charge in [-0.1, -0.05) is 18.2 Å². The summed E-state index contributed by atoms with van der Waals surface area (Å²) in [7, 11) is 0. The highest BCUT2D eigenvalue weighted by atomic mass is 16.5. The van der Waals surface area contributed by atoms with E-state index in [9.17, 15) is 4.79 Å². The number of ether oxygens (including phenoxy) is 2. The molecule has 1 aromatic carbocycles. The predicted molar refractivity (Wildman–Crippen MR) is 85.2 cm³/mol. The molecule has 24 heavy (non-hydrogen) atoms. The molecule has 0 unspecified atom stereocenters. The number of amides is 1. The zero-order valence-corrected chi connectivity index (χ0v) is 13.6. The lowest BCUT2D eigenvalue weighted by Gasteiger charge is -2.19. The minimum absolute atomic E-state index is 0.0232. The van der Waals surface area contributed by atoms with Gasteiger partial charge in [-0.3, -0.25) is 4.79 Å². The van der Waals surface area contributed by atoms with E-state index in [-0.39, 0.29) is 31.2 Å². The van der Waals surface area contributed by atoms with Crippen molar-refractivity contribution in [1.29, 1.82) is 0 Å². The lowest BCUT2D eigenvalue weighted by atomic mass is 10.1. The number of hydrogen-bond donors (Lipinski definition) is 1. The Morgan fingerprint density at radius 3 is 3.04 bits per heavy atom. The van der Waals surface area contributed by atoms with E-state index in [0.717, 1.165) is 25.2 Å². The summed E-state index contributed by atoms with van der Waals surface area (Å²) in [6, 6.07) is 9.37. The lowest BCUT2D eigenvalue weighted by Crippen LogP contribution is -2.42. The first kappa shape index (κ1) is 16.4. The van der Waals surface area contributed by atoms with Gasteiger partial charge >= 0.3 is 0 Å². The molecule has 2 atom stereocenters. The molecule has 1 aliphatic heterocycles. The molecule has 2 aromatic rings. The fourth-order valence-electron chi connectivity index (χ4n) is 2.58. The van der Waals surface area contributed by atoms with Crippen LogP contribution in [0.15, 0.2) is 30.3 Å². The topological polar surface area (TPSA) is 91.2 Å². The average molecular weight is 331 g/mol. The molecule has 1 aliphatic rings. The largest absolute Gasteiger partial charge is 0.485 e. The Balaban J connectivity index is 1.45. The Hall–Kier alpha value is -2.48. The zero-order chi connectivity index (χ0) is 16.8. The van der Waals surface area contributed by atoms with Crippen molar-refractivity contribution >= 4 is 5.91 Å². The van der Waals surface area contributed by atoms with E-state index in [1.807, 2.05) is 37.3 Å². The number of nitrogens with one attached hydrogen (secondary N) is 1. The fraction of sp³-hybridized carbons (Fsp3) is 0.500. The summed E-state index contributed by atoms with van der Waals surface area (Å²) >= 11 is 0. The van der Waals surface area contributed by atoms with Crippen LogP contribution in [0.2, 0.25) is 0 Å². The van der Waals surface area contributed by atoms with Crippen LogP contribution in [-0.2, 0) is 22.7 Å². The van der Waals surface area contributed by atoms with Gasteiger partial charge in [0, 0.05) is 6.61 Å². The summed E-state index contributed by atoms with van der Waals surface area (Å²) in [4.78, 5) is 13.3. The van der Waals surface area contributed by atoms with Gasteiger partial charge in [-0.25, -0.2) is 0 Å². The third kappa shape index (κ3) is 4.51. The Kier molecular flexibility index (Phi) is 5.37. The fourth-order valence-corrected chi connectivity index (χ4v) is 2.58. The van der Waals surface area contributed by atoms with Crippen LogP contribution in [0, 0.1) is 0 Å². The smallest absolute Gasteiger partial charge is 0.243 e. The van der Waals surface area contributed by atoms with E-state index in [2.05, 4.69) is 20.7 Å². The molecule has 1 saturated heterocycles. The van der Waals surface area contributed by atoms with Crippen LogP contribution in [-0.4, -0.2) is 44.9 Å². The van der Waals surface area contributed by atoms with Crippen molar-refractivity contribution in [3.05, 3.63) is 36.2 Å². The van der Waals surface area contributed by atoms with E-state index in [0.29, 0.717) is 5.82 Å². The maximum Gasteiger partial charge on any atom is 0.243 e. The van der Waals surface area contributed by atoms with E-state index >= 15 is 0 Å². The van der Waals surface area contributed by atoms with Crippen molar-refractivity contribution in [3.63, 3.8) is 0 Å². The van der Waals surface area contributed by atoms with Gasteiger partial charge in [-0.05, 0) is 37.1 Å². The molecule has 8 nitrogen and oxygen atoms in total. The number of para-hydroxylation sites is 1. The summed E-state index contributed by atoms with van der Waals surface area (Å²) < 4.78 is 11.1. The van der Waals surface area contributed by atoms with Crippen LogP contribution in [0.1, 0.15) is 25.6 Å². The molecule has 0 spiro atoms. The lowest BCUT2D eigenvalue weighted by molar-refractivity contribution is -0.123. The van der Waals surface area contributed by atoms with Crippen LogP contribution >= 0.6 is 0 Å². The molecule has 8 heteroatoms. The quantitative estimate of drug-likeness (QED) is 0.812. The van der Waals surface area contributed by atoms with E-state index in [1.165, 1.54) is 4.80 Å². The Morgan fingerprint density at radius 1 is 1.46 bits per heavy atom. The molecule has 128 valence electrons. The molecular weight excluding hydrogens is 310 g/mol. The average Bonchev–Trinajstić information content (AvgIpc) is 3.25. The van der Waals surface area contributed by atoms with Crippen molar-refractivity contribution in [3.8, 4) is 5.75 Å². The molecule has 0 saturated carbocycles. The van der Waals surface area contributed by atoms with Crippen molar-refractivity contribution < 1.29 is 14.3 Å². The van der Waals surface area contributed by atoms with Crippen molar-refractivity contribution in [2.45, 2.75) is 45.1 Å². The highest BCUT2D eigenvalue weighted by molar-refractivity contribution is 5.75. The number of benzene rings is 1. The second-order valence-electron chi connectivity index (χ2n) is 5.75. The summed E-state index contributed by atoms with van der Waals surface area (Å²) in [5.41, 5.74) is 0. The summed E-state index contributed by atoms with van der Waals surface area (Å²) in [5, 5.41) is 14.8. The maximum atomic E-state index is 12.0. The molecule has 1 fully saturated rings. The highest BCUT2D eigenvalue weighted by Gasteiger charge is 2.23. The monoisotopic (exact) mass is 331 g/mol. The van der Waals surface area contributed by atoms with Gasteiger partial charge in [0.05, 0.1) is 12.1 Å². The van der Waals surface area contributed by atoms with Crippen molar-refractivity contribution in [2.75, 3.05) is 6.61 Å². The summed E-state index contributed by atoms with van der Waals surface area (Å²) in [6.07, 6.45) is 2.11. The first-order valence-corrected chi connectivity index (χ1v) is 8.06. The van der Waals surface area contributed by atoms with Crippen LogP contribution in [0.25, 0.3) is 0 Å². The van der Waals surface area contributed by atoms with Gasteiger partial charge in [0.25, 0.3) is 0 Å². The molecule has 2 heterocycles. The van der Waals surface area contributed by atoms with Gasteiger partial charge in [-0.15, -0.1) is 10.2 Å². The second-order valence-corrected chi connectivity index (χ2v) is 5.75. The van der Waals surface area contributed by atoms with Gasteiger partial charge in [0.2, 0.25) is 11.7 Å². The van der Waals surface area contributed by atoms with Gasteiger partial charge in [0.1, 0.15) is 12.3 Å². The Labute approximate surface area is 140 Å². The number of nitrogens with zero attached hydrogens (tertiary/aromatic N) is 4. The molecule has 0 aliphatic carbocycles. The molecule has 0 bridgehead atoms. The van der Waals surface area contributed by atoms with Crippen molar-refractivity contribution in [1.82, 2.24) is 25.5 Å². The molecule has 0 radical (unpaired) electrons. The number of tetrazole rings is 1. The van der Waals surface area contributed by atoms with Crippen molar-refractivity contribution in [2.24, 2.45) is 0 Å². The molecule has 3 rings (SSSR count). The highest BCUT2D eigenvalue weighted by Crippen LogP contribution is 2.15. The first-order chi connectivity index (χ1) is 11.7. The van der Waals surface area contributed by atoms with E-state index in [4.69, 9.17) is 9.47 Å². The predicted octanol–water partition coefficient (Wildman–Crippen LogP) is 0.936. The van der Waals surface area contributed by atoms with Crippen LogP contribution in [0.4, 0.5) is 0 Å². The maximum absolute atomic E-state index is 12.0. The van der Waals surface area contributed by atoms with Gasteiger partial charge in [-0.2, -0.15) is 4.80 Å². The Bertz CT molecular complexity index is 655. The minimum Gasteiger partial charge on any atom is -0.485 e. The van der Waals surface area contributed by atoms with Crippen LogP contribution < -0.4 is 10.1 Å². The molecular formula is C16H21N5O3. The first-order valence-electron chi connectivity index (χ1n) is 8.06. The van der Waals surface area contributed by atoms with E-state index in [1.54, 1.807) is 0 Å². The SMILES string of the molecule is C[C@@H](NC(=O)Cn1nnc(COc2ccccc2)n1)[C@H]1CCCO1. The normalized spacial score (nSPS) is 18.3. The molecule has 1 amide bonds. The molecule has 1 N–H and O–H groups in total. The van der Waals surface area contributed by atoms with Crippen LogP contribution in [0.5, 0.6) is 5.75 Å². The second kappa shape index (κ2) is 7.87. The third-order valence-corrected chi connectivity index (χ3v) is 3.80. The van der Waals surface area contributed by atoms with Crippen LogP contribution in [0.3, 0.4) is 0 Å². The number of carbonyl (C=O) groups is 1.